The van der Waals surface area contributed by atoms with Crippen LogP contribution in [0.15, 0.2) is 0 Å². The summed E-state index contributed by atoms with van der Waals surface area (Å²) >= 11 is 0. The molecule has 0 spiro atoms. The van der Waals surface area contributed by atoms with Crippen LogP contribution in [-0.2, 0) is 4.74 Å². The van der Waals surface area contributed by atoms with E-state index in [1.807, 2.05) is 0 Å². The molecule has 2 heterocycles. The van der Waals surface area contributed by atoms with Crippen LogP contribution in [0.2, 0.25) is 0 Å². The lowest BCUT2D eigenvalue weighted by Crippen LogP contribution is -2.40. The predicted octanol–water partition coefficient (Wildman–Crippen LogP) is 1.41. The van der Waals surface area contributed by atoms with E-state index in [0.29, 0.717) is 12.1 Å². The molecule has 0 aromatic carbocycles. The van der Waals surface area contributed by atoms with E-state index in [0.717, 1.165) is 18.4 Å². The molecule has 1 N–H and O–H groups in total. The van der Waals surface area contributed by atoms with Gasteiger partial charge in [-0.3, -0.25) is 0 Å². The zero-order chi connectivity index (χ0) is 8.55. The summed E-state index contributed by atoms with van der Waals surface area (Å²) in [5, 5.41) is 3.42. The molecule has 1 saturated carbocycles. The molecule has 0 aromatic heterocycles. The Bertz CT molecular complexity index is 160. The zero-order valence-electron chi connectivity index (χ0n) is 8.05. The maximum absolute atomic E-state index is 5.76. The third-order valence-electron chi connectivity index (χ3n) is 3.58. The Hall–Kier alpha value is -0.0800. The summed E-state index contributed by atoms with van der Waals surface area (Å²) in [5.41, 5.74) is 0. The Morgan fingerprint density at radius 3 is 2.83 bits per heavy atom. The Kier molecular flexibility index (Phi) is 2.37. The van der Waals surface area contributed by atoms with Crippen LogP contribution >= 0.6 is 0 Å². The highest BCUT2D eigenvalue weighted by Crippen LogP contribution is 2.35. The van der Waals surface area contributed by atoms with Gasteiger partial charge in [-0.05, 0) is 32.2 Å². The van der Waals surface area contributed by atoms with Crippen LogP contribution in [0.3, 0.4) is 0 Å². The Balaban J connectivity index is 2.10. The van der Waals surface area contributed by atoms with Crippen molar-refractivity contribution in [2.24, 2.45) is 11.8 Å². The van der Waals surface area contributed by atoms with E-state index in [4.69, 9.17) is 4.74 Å². The quantitative estimate of drug-likeness (QED) is 0.641. The second-order valence-electron chi connectivity index (χ2n) is 4.30. The lowest BCUT2D eigenvalue weighted by Gasteiger charge is -2.33. The van der Waals surface area contributed by atoms with Crippen molar-refractivity contribution in [3.05, 3.63) is 0 Å². The molecule has 3 fully saturated rings. The highest BCUT2D eigenvalue weighted by atomic mass is 16.5. The fourth-order valence-corrected chi connectivity index (χ4v) is 2.72. The summed E-state index contributed by atoms with van der Waals surface area (Å²) in [5.74, 6) is 1.61. The summed E-state index contributed by atoms with van der Waals surface area (Å²) in [7, 11) is 2.08. The van der Waals surface area contributed by atoms with Crippen molar-refractivity contribution in [1.82, 2.24) is 5.32 Å². The van der Waals surface area contributed by atoms with Crippen molar-refractivity contribution in [1.29, 1.82) is 0 Å². The molecular weight excluding hydrogens is 150 g/mol. The van der Waals surface area contributed by atoms with Crippen molar-refractivity contribution in [3.63, 3.8) is 0 Å². The van der Waals surface area contributed by atoms with Gasteiger partial charge in [-0.1, -0.05) is 6.92 Å². The average molecular weight is 169 g/mol. The van der Waals surface area contributed by atoms with Crippen LogP contribution in [0.5, 0.6) is 0 Å². The van der Waals surface area contributed by atoms with E-state index < -0.39 is 0 Å². The average Bonchev–Trinajstić information content (AvgIpc) is 2.34. The fourth-order valence-electron chi connectivity index (χ4n) is 2.72. The normalized spacial score (nSPS) is 47.5. The molecule has 3 rings (SSSR count). The maximum Gasteiger partial charge on any atom is 0.0578 e. The molecule has 70 valence electrons. The van der Waals surface area contributed by atoms with Gasteiger partial charge in [0, 0.05) is 12.0 Å². The minimum absolute atomic E-state index is 0.564. The standard InChI is InChI=1S/C10H19NO/c1-7-5-8-3-4-10(11-2)9(7)6-12-8/h7-11H,3-6H2,1-2H3/t7-,8+,9+,10-/m1/s1. The second kappa shape index (κ2) is 3.35. The lowest BCUT2D eigenvalue weighted by atomic mass is 9.85. The molecule has 2 nitrogen and oxygen atoms in total. The smallest absolute Gasteiger partial charge is 0.0578 e. The molecule has 2 bridgehead atoms. The van der Waals surface area contributed by atoms with Gasteiger partial charge in [0.25, 0.3) is 0 Å². The molecule has 0 unspecified atom stereocenters. The summed E-state index contributed by atoms with van der Waals surface area (Å²) in [6.07, 6.45) is 4.40. The second-order valence-corrected chi connectivity index (χ2v) is 4.30. The topological polar surface area (TPSA) is 21.3 Å². The number of ether oxygens (including phenoxy) is 1. The predicted molar refractivity (Wildman–Crippen MR) is 49.1 cm³/mol. The van der Waals surface area contributed by atoms with Gasteiger partial charge in [0.1, 0.15) is 0 Å². The van der Waals surface area contributed by atoms with Gasteiger partial charge < -0.3 is 10.1 Å². The summed E-state index contributed by atoms with van der Waals surface area (Å²) in [4.78, 5) is 0. The van der Waals surface area contributed by atoms with Gasteiger partial charge in [-0.2, -0.15) is 0 Å². The van der Waals surface area contributed by atoms with Gasteiger partial charge in [0.05, 0.1) is 12.7 Å². The van der Waals surface area contributed by atoms with E-state index in [1.165, 1.54) is 19.3 Å². The van der Waals surface area contributed by atoms with Gasteiger partial charge in [0.2, 0.25) is 0 Å². The van der Waals surface area contributed by atoms with Crippen molar-refractivity contribution in [2.45, 2.75) is 38.3 Å². The van der Waals surface area contributed by atoms with Gasteiger partial charge in [-0.25, -0.2) is 0 Å². The van der Waals surface area contributed by atoms with Crippen LogP contribution in [0.25, 0.3) is 0 Å². The van der Waals surface area contributed by atoms with Gasteiger partial charge in [-0.15, -0.1) is 0 Å². The van der Waals surface area contributed by atoms with Gasteiger partial charge in [0.15, 0.2) is 0 Å². The molecule has 12 heavy (non-hydrogen) atoms. The van der Waals surface area contributed by atoms with Crippen LogP contribution in [-0.4, -0.2) is 25.8 Å². The minimum Gasteiger partial charge on any atom is -0.378 e. The first-order chi connectivity index (χ1) is 5.81. The Morgan fingerprint density at radius 2 is 2.17 bits per heavy atom. The molecular formula is C10H19NO. The van der Waals surface area contributed by atoms with Crippen molar-refractivity contribution in [2.75, 3.05) is 13.7 Å². The highest BCUT2D eigenvalue weighted by molar-refractivity contribution is 4.89. The Morgan fingerprint density at radius 1 is 1.33 bits per heavy atom. The summed E-state index contributed by atoms with van der Waals surface area (Å²) < 4.78 is 5.76. The lowest BCUT2D eigenvalue weighted by molar-refractivity contribution is -0.0316. The molecule has 1 aliphatic carbocycles. The third-order valence-corrected chi connectivity index (χ3v) is 3.58. The summed E-state index contributed by atoms with van der Waals surface area (Å²) in [6, 6.07) is 0.701. The first kappa shape index (κ1) is 8.52. The van der Waals surface area contributed by atoms with E-state index in [9.17, 15) is 0 Å². The minimum atomic E-state index is 0.564. The summed E-state index contributed by atoms with van der Waals surface area (Å²) in [6.45, 7) is 3.35. The first-order valence-corrected chi connectivity index (χ1v) is 5.10. The van der Waals surface area contributed by atoms with Crippen LogP contribution in [0.1, 0.15) is 26.2 Å². The van der Waals surface area contributed by atoms with Crippen molar-refractivity contribution < 1.29 is 4.74 Å². The van der Waals surface area contributed by atoms with Crippen molar-refractivity contribution >= 4 is 0 Å². The number of nitrogens with one attached hydrogen (secondary N) is 1. The zero-order valence-corrected chi connectivity index (χ0v) is 8.05. The fraction of sp³-hybridized carbons (Fsp3) is 1.00. The molecule has 0 amide bonds. The number of hydrogen-bond donors (Lipinski definition) is 1. The van der Waals surface area contributed by atoms with Crippen LogP contribution in [0, 0.1) is 11.8 Å². The Labute approximate surface area is 74.7 Å². The van der Waals surface area contributed by atoms with E-state index in [2.05, 4.69) is 19.3 Å². The number of rotatable bonds is 1. The SMILES string of the molecule is CN[C@@H]1CC[C@H]2C[C@@H](C)[C@@H]1CO2. The number of fused-ring (bicyclic) bond motifs is 4. The van der Waals surface area contributed by atoms with Gasteiger partial charge >= 0.3 is 0 Å². The van der Waals surface area contributed by atoms with Crippen LogP contribution < -0.4 is 5.32 Å². The first-order valence-electron chi connectivity index (χ1n) is 5.10. The molecule has 2 saturated heterocycles. The maximum atomic E-state index is 5.76. The molecule has 4 atom stereocenters. The molecule has 3 aliphatic rings. The van der Waals surface area contributed by atoms with E-state index in [1.54, 1.807) is 0 Å². The monoisotopic (exact) mass is 169 g/mol. The molecule has 0 aromatic rings. The van der Waals surface area contributed by atoms with E-state index >= 15 is 0 Å². The molecule has 0 radical (unpaired) electrons. The largest absolute Gasteiger partial charge is 0.378 e. The number of hydrogen-bond acceptors (Lipinski definition) is 2. The third kappa shape index (κ3) is 1.38. The van der Waals surface area contributed by atoms with Crippen LogP contribution in [0.4, 0.5) is 0 Å². The molecule has 2 aliphatic heterocycles. The van der Waals surface area contributed by atoms with Crippen molar-refractivity contribution in [3.8, 4) is 0 Å². The van der Waals surface area contributed by atoms with E-state index in [-0.39, 0.29) is 0 Å². The highest BCUT2D eigenvalue weighted by Gasteiger charge is 2.36. The molecule has 2 heteroatoms.